The monoisotopic (exact) mass is 602 g/mol. The molecule has 4 rings (SSSR count). The fraction of sp³-hybridized carbons (Fsp3) is 0.556. The highest BCUT2D eigenvalue weighted by molar-refractivity contribution is 6.37. The normalized spacial score (nSPS) is 16.1. The number of amidine groups is 2. The molecule has 2 heterocycles. The van der Waals surface area contributed by atoms with Crippen LogP contribution in [0.25, 0.3) is 11.1 Å². The van der Waals surface area contributed by atoms with Crippen LogP contribution in [-0.2, 0) is 9.47 Å². The van der Waals surface area contributed by atoms with Crippen molar-refractivity contribution in [3.8, 4) is 11.1 Å². The maximum Gasteiger partial charge on any atom is 0.335 e. The van der Waals surface area contributed by atoms with Crippen LogP contribution in [0.2, 0.25) is 0 Å². The summed E-state index contributed by atoms with van der Waals surface area (Å²) < 4.78 is 16.3. The summed E-state index contributed by atoms with van der Waals surface area (Å²) in [5.41, 5.74) is 8.81. The van der Waals surface area contributed by atoms with E-state index in [1.807, 2.05) is 0 Å². The molecule has 0 aliphatic carbocycles. The topological polar surface area (TPSA) is 55.7 Å². The standard InChI is InChI=1S/C36H54N6O2/c1-11-13-15-41-19-17-39(7)35(41)33(43-9)37-31-25(3)21-29(22-26(31)4)30-23-27(5)32(28(6)24-30)38-34(44-10)36-40(8)18-20-42(36)16-14-12-2/h21-24H,11-20H2,1-10H3/q+2. The van der Waals surface area contributed by atoms with E-state index in [0.717, 1.165) is 97.4 Å². The van der Waals surface area contributed by atoms with E-state index in [1.165, 1.54) is 24.0 Å². The van der Waals surface area contributed by atoms with Crippen LogP contribution in [-0.4, -0.2) is 110 Å². The van der Waals surface area contributed by atoms with E-state index in [-0.39, 0.29) is 0 Å². The van der Waals surface area contributed by atoms with Crippen molar-refractivity contribution in [2.24, 2.45) is 9.98 Å². The van der Waals surface area contributed by atoms with Gasteiger partial charge in [-0.1, -0.05) is 26.7 Å². The minimum absolute atomic E-state index is 0.682. The Morgan fingerprint density at radius 3 is 1.30 bits per heavy atom. The first-order valence-electron chi connectivity index (χ1n) is 16.3. The largest absolute Gasteiger partial charge is 0.475 e. The molecule has 44 heavy (non-hydrogen) atoms. The van der Waals surface area contributed by atoms with Gasteiger partial charge in [-0.15, -0.1) is 0 Å². The van der Waals surface area contributed by atoms with Gasteiger partial charge < -0.3 is 9.47 Å². The molecule has 0 saturated carbocycles. The maximum absolute atomic E-state index is 5.90. The quantitative estimate of drug-likeness (QED) is 0.173. The van der Waals surface area contributed by atoms with Crippen molar-refractivity contribution in [2.75, 3.05) is 67.6 Å². The highest BCUT2D eigenvalue weighted by Gasteiger charge is 2.35. The van der Waals surface area contributed by atoms with Crippen LogP contribution in [0.3, 0.4) is 0 Å². The number of unbranched alkanes of at least 4 members (excludes halogenated alkanes) is 2. The summed E-state index contributed by atoms with van der Waals surface area (Å²) in [5, 5.41) is 0. The molecule has 0 spiro atoms. The lowest BCUT2D eigenvalue weighted by atomic mass is 9.95. The highest BCUT2D eigenvalue weighted by Crippen LogP contribution is 2.35. The third-order valence-electron chi connectivity index (χ3n) is 8.81. The van der Waals surface area contributed by atoms with Gasteiger partial charge in [-0.2, -0.15) is 0 Å². The van der Waals surface area contributed by atoms with Crippen molar-refractivity contribution < 1.29 is 18.6 Å². The third kappa shape index (κ3) is 7.16. The van der Waals surface area contributed by atoms with Crippen LogP contribution in [0, 0.1) is 27.7 Å². The van der Waals surface area contributed by atoms with Gasteiger partial charge in [0.2, 0.25) is 0 Å². The van der Waals surface area contributed by atoms with Gasteiger partial charge in [0.25, 0.3) is 0 Å². The van der Waals surface area contributed by atoms with Gasteiger partial charge in [0.15, 0.2) is 0 Å². The van der Waals surface area contributed by atoms with Gasteiger partial charge in [0.1, 0.15) is 26.2 Å². The van der Waals surface area contributed by atoms with Crippen LogP contribution in [0.4, 0.5) is 11.4 Å². The predicted molar refractivity (Wildman–Crippen MR) is 184 cm³/mol. The average molecular weight is 603 g/mol. The molecule has 8 nitrogen and oxygen atoms in total. The molecule has 8 heteroatoms. The van der Waals surface area contributed by atoms with E-state index in [4.69, 9.17) is 19.5 Å². The molecule has 0 saturated heterocycles. The molecule has 2 aliphatic rings. The minimum atomic E-state index is 0.682. The predicted octanol–water partition coefficient (Wildman–Crippen LogP) is 6.25. The summed E-state index contributed by atoms with van der Waals surface area (Å²) in [7, 11) is 7.71. The molecule has 2 aromatic rings. The molecule has 2 aromatic carbocycles. The lowest BCUT2D eigenvalue weighted by Crippen LogP contribution is -2.37. The van der Waals surface area contributed by atoms with Gasteiger partial charge in [-0.05, 0) is 98.2 Å². The lowest BCUT2D eigenvalue weighted by Gasteiger charge is -2.16. The summed E-state index contributed by atoms with van der Waals surface area (Å²) in [4.78, 5) is 15.0. The lowest BCUT2D eigenvalue weighted by molar-refractivity contribution is -0.485. The molecular formula is C36H54N6O2+2. The molecule has 238 valence electrons. The number of nitrogens with zero attached hydrogens (tertiary/aromatic N) is 6. The van der Waals surface area contributed by atoms with E-state index in [0.29, 0.717) is 11.8 Å². The number of likely N-dealkylation sites (N-methyl/N-ethyl adjacent to an activating group) is 2. The second-order valence-corrected chi connectivity index (χ2v) is 12.3. The summed E-state index contributed by atoms with van der Waals surface area (Å²) >= 11 is 0. The third-order valence-corrected chi connectivity index (χ3v) is 8.81. The van der Waals surface area contributed by atoms with Crippen molar-refractivity contribution in [1.29, 1.82) is 0 Å². The average Bonchev–Trinajstić information content (AvgIpc) is 3.55. The number of methoxy groups -OCH3 is 2. The second-order valence-electron chi connectivity index (χ2n) is 12.3. The molecule has 0 aromatic heterocycles. The smallest absolute Gasteiger partial charge is 0.335 e. The van der Waals surface area contributed by atoms with Crippen molar-refractivity contribution in [3.05, 3.63) is 46.5 Å². The zero-order valence-corrected chi connectivity index (χ0v) is 28.9. The molecule has 0 atom stereocenters. The number of rotatable bonds is 11. The first kappa shape index (κ1) is 33.2. The van der Waals surface area contributed by atoms with Crippen LogP contribution >= 0.6 is 0 Å². The Bertz CT molecular complexity index is 1330. The Morgan fingerprint density at radius 2 is 1.00 bits per heavy atom. The molecule has 0 radical (unpaired) electrons. The molecule has 0 fully saturated rings. The van der Waals surface area contributed by atoms with Gasteiger partial charge in [-0.3, -0.25) is 19.0 Å². The summed E-state index contributed by atoms with van der Waals surface area (Å²) in [5.74, 6) is 3.53. The molecule has 0 N–H and O–H groups in total. The summed E-state index contributed by atoms with van der Waals surface area (Å²) in [6.45, 7) is 19.0. The molecule has 2 aliphatic heterocycles. The zero-order valence-electron chi connectivity index (χ0n) is 28.9. The first-order chi connectivity index (χ1) is 21.1. The van der Waals surface area contributed by atoms with Gasteiger partial charge in [0, 0.05) is 0 Å². The number of benzene rings is 2. The van der Waals surface area contributed by atoms with Crippen molar-refractivity contribution in [3.63, 3.8) is 0 Å². The SMILES string of the molecule is CCCCN1CC[N+](C)=C1/C(=N/c1c(C)cc(-c2cc(C)c(/N=C(\OC)C3=[N+](C)CCN3CCCC)c(C)c2)cc1C)OC. The van der Waals surface area contributed by atoms with Crippen LogP contribution in [0.1, 0.15) is 61.8 Å². The molecule has 0 bridgehead atoms. The van der Waals surface area contributed by atoms with Crippen LogP contribution < -0.4 is 0 Å². The number of aryl methyl sites for hydroxylation is 4. The fourth-order valence-electron chi connectivity index (χ4n) is 6.35. The number of ether oxygens (including phenoxy) is 2. The van der Waals surface area contributed by atoms with Crippen molar-refractivity contribution in [1.82, 2.24) is 9.80 Å². The van der Waals surface area contributed by atoms with Crippen LogP contribution in [0.15, 0.2) is 34.3 Å². The van der Waals surface area contributed by atoms with E-state index in [1.54, 1.807) is 14.2 Å². The first-order valence-corrected chi connectivity index (χ1v) is 16.3. The highest BCUT2D eigenvalue weighted by atomic mass is 16.5. The summed E-state index contributed by atoms with van der Waals surface area (Å²) in [6, 6.07) is 8.96. The number of hydrogen-bond acceptors (Lipinski definition) is 6. The van der Waals surface area contributed by atoms with Gasteiger partial charge in [-0.25, -0.2) is 9.98 Å². The number of aliphatic imine (C=N–C) groups is 2. The van der Waals surface area contributed by atoms with E-state index in [2.05, 4.69) is 98.9 Å². The minimum Gasteiger partial charge on any atom is -0.475 e. The Balaban J connectivity index is 1.66. The Morgan fingerprint density at radius 1 is 0.659 bits per heavy atom. The molecule has 0 amide bonds. The van der Waals surface area contributed by atoms with E-state index < -0.39 is 0 Å². The second kappa shape index (κ2) is 14.9. The Hall–Kier alpha value is -3.68. The van der Waals surface area contributed by atoms with E-state index >= 15 is 0 Å². The summed E-state index contributed by atoms with van der Waals surface area (Å²) in [6.07, 6.45) is 4.65. The van der Waals surface area contributed by atoms with Crippen molar-refractivity contribution >= 4 is 34.8 Å². The molecule has 0 unspecified atom stereocenters. The van der Waals surface area contributed by atoms with Crippen molar-refractivity contribution in [2.45, 2.75) is 67.2 Å². The zero-order chi connectivity index (χ0) is 32.0. The Kier molecular flexibility index (Phi) is 11.2. The van der Waals surface area contributed by atoms with Gasteiger partial charge in [0.05, 0.1) is 52.8 Å². The maximum atomic E-state index is 5.90. The number of hydrogen-bond donors (Lipinski definition) is 0. The fourth-order valence-corrected chi connectivity index (χ4v) is 6.35. The van der Waals surface area contributed by atoms with Crippen LogP contribution in [0.5, 0.6) is 0 Å². The van der Waals surface area contributed by atoms with E-state index in [9.17, 15) is 0 Å². The van der Waals surface area contributed by atoms with Gasteiger partial charge >= 0.3 is 23.5 Å². The Labute approximate surface area is 265 Å². The molecular weight excluding hydrogens is 548 g/mol.